The molecule has 2 aromatic rings. The molecule has 2 N–H and O–H groups in total. The van der Waals surface area contributed by atoms with Gasteiger partial charge >= 0.3 is 5.97 Å². The van der Waals surface area contributed by atoms with Crippen molar-refractivity contribution in [2.24, 2.45) is 0 Å². The van der Waals surface area contributed by atoms with Crippen molar-refractivity contribution in [1.29, 1.82) is 0 Å². The van der Waals surface area contributed by atoms with E-state index in [1.54, 1.807) is 6.92 Å². The Labute approximate surface area is 169 Å². The fourth-order valence-corrected chi connectivity index (χ4v) is 4.24. The maximum Gasteiger partial charge on any atom is 0.306 e. The van der Waals surface area contributed by atoms with Gasteiger partial charge in [0.25, 0.3) is 0 Å². The van der Waals surface area contributed by atoms with Crippen LogP contribution in [-0.2, 0) is 22.4 Å². The number of H-pyrrole nitrogens is 1. The summed E-state index contributed by atoms with van der Waals surface area (Å²) in [5.41, 5.74) is 6.43. The van der Waals surface area contributed by atoms with Gasteiger partial charge < -0.3 is 15.0 Å². The summed E-state index contributed by atoms with van der Waals surface area (Å²) in [6, 6.07) is 7.97. The van der Waals surface area contributed by atoms with Gasteiger partial charge in [0.15, 0.2) is 5.78 Å². The van der Waals surface area contributed by atoms with Crippen molar-refractivity contribution in [3.05, 3.63) is 52.3 Å². The summed E-state index contributed by atoms with van der Waals surface area (Å²) in [6.45, 7) is 2.15. The van der Waals surface area contributed by atoms with Crippen LogP contribution in [0.25, 0.3) is 11.6 Å². The third kappa shape index (κ3) is 3.40. The van der Waals surface area contributed by atoms with Crippen LogP contribution in [0.2, 0.25) is 0 Å². The molecule has 144 valence electrons. The molecule has 1 aliphatic carbocycles. The van der Waals surface area contributed by atoms with E-state index in [0.717, 1.165) is 52.2 Å². The van der Waals surface area contributed by atoms with Gasteiger partial charge in [0.05, 0.1) is 6.61 Å². The van der Waals surface area contributed by atoms with Crippen LogP contribution in [0.5, 0.6) is 0 Å². The van der Waals surface area contributed by atoms with Crippen LogP contribution in [0.1, 0.15) is 59.1 Å². The number of ketones is 1. The maximum atomic E-state index is 12.6. The molecule has 0 radical (unpaired) electrons. The molecule has 2 aliphatic rings. The molecule has 0 spiro atoms. The van der Waals surface area contributed by atoms with Gasteiger partial charge in [-0.3, -0.25) is 9.59 Å². The molecule has 0 atom stereocenters. The molecular formula is C22H22N2O3S. The van der Waals surface area contributed by atoms with Gasteiger partial charge in [-0.2, -0.15) is 0 Å². The van der Waals surface area contributed by atoms with Crippen molar-refractivity contribution in [2.75, 3.05) is 11.9 Å². The van der Waals surface area contributed by atoms with E-state index in [1.165, 1.54) is 0 Å². The second-order valence-corrected chi connectivity index (χ2v) is 7.42. The molecule has 1 aromatic heterocycles. The molecule has 0 bridgehead atoms. The summed E-state index contributed by atoms with van der Waals surface area (Å²) in [6.07, 6.45) is 4.97. The average Bonchev–Trinajstić information content (AvgIpc) is 3.19. The molecule has 4 rings (SSSR count). The predicted octanol–water partition coefficient (Wildman–Crippen LogP) is 4.32. The number of esters is 1. The minimum absolute atomic E-state index is 0.147. The number of aromatic amines is 1. The summed E-state index contributed by atoms with van der Waals surface area (Å²) in [5, 5.41) is 3.23. The van der Waals surface area contributed by atoms with Gasteiger partial charge in [-0.25, -0.2) is 0 Å². The lowest BCUT2D eigenvalue weighted by atomic mass is 9.91. The molecule has 28 heavy (non-hydrogen) atoms. The fraction of sp³-hybridized carbons (Fsp3) is 0.318. The van der Waals surface area contributed by atoms with E-state index in [2.05, 4.69) is 10.3 Å². The van der Waals surface area contributed by atoms with Crippen LogP contribution in [0.15, 0.2) is 24.3 Å². The van der Waals surface area contributed by atoms with E-state index in [0.29, 0.717) is 24.4 Å². The van der Waals surface area contributed by atoms with Gasteiger partial charge in [0, 0.05) is 46.6 Å². The van der Waals surface area contributed by atoms with E-state index in [4.69, 9.17) is 17.0 Å². The number of thiocarbonyl (C=S) groups is 1. The standard InChI is InChI=1S/C22H22N2O3S/c1-2-27-20(26)11-10-14-18(23-17-8-5-9-19(25)21(14)17)12-15-13-6-3-4-7-16(13)24-22(15)28/h3-4,6-7,12,23H,2,5,8-11H2,1H3,(H,24,28). The van der Waals surface area contributed by atoms with Crippen molar-refractivity contribution < 1.29 is 14.3 Å². The number of para-hydroxylation sites is 1. The number of aromatic nitrogens is 1. The highest BCUT2D eigenvalue weighted by molar-refractivity contribution is 7.81. The molecule has 0 unspecified atom stereocenters. The van der Waals surface area contributed by atoms with Gasteiger partial charge in [-0.15, -0.1) is 0 Å². The number of nitrogens with one attached hydrogen (secondary N) is 2. The minimum Gasteiger partial charge on any atom is -0.466 e. The quantitative estimate of drug-likeness (QED) is 0.449. The van der Waals surface area contributed by atoms with Crippen molar-refractivity contribution in [2.45, 2.75) is 39.0 Å². The molecule has 0 amide bonds. The zero-order valence-electron chi connectivity index (χ0n) is 15.8. The Morgan fingerprint density at radius 1 is 1.29 bits per heavy atom. The van der Waals surface area contributed by atoms with E-state index in [9.17, 15) is 9.59 Å². The lowest BCUT2D eigenvalue weighted by Gasteiger charge is -2.11. The molecule has 1 aliphatic heterocycles. The highest BCUT2D eigenvalue weighted by atomic mass is 32.1. The Morgan fingerprint density at radius 3 is 2.93 bits per heavy atom. The van der Waals surface area contributed by atoms with Gasteiger partial charge in [-0.1, -0.05) is 30.4 Å². The first-order chi connectivity index (χ1) is 13.6. The summed E-state index contributed by atoms with van der Waals surface area (Å²) in [5.74, 6) is -0.101. The van der Waals surface area contributed by atoms with E-state index in [-0.39, 0.29) is 18.2 Å². The molecule has 0 saturated heterocycles. The van der Waals surface area contributed by atoms with Crippen LogP contribution in [-0.4, -0.2) is 28.3 Å². The minimum atomic E-state index is -0.247. The summed E-state index contributed by atoms with van der Waals surface area (Å²) >= 11 is 5.53. The maximum absolute atomic E-state index is 12.6. The number of rotatable bonds is 5. The second-order valence-electron chi connectivity index (χ2n) is 7.01. The van der Waals surface area contributed by atoms with E-state index >= 15 is 0 Å². The molecule has 2 heterocycles. The largest absolute Gasteiger partial charge is 0.466 e. The third-order valence-corrected chi connectivity index (χ3v) is 5.53. The van der Waals surface area contributed by atoms with Crippen LogP contribution in [0, 0.1) is 0 Å². The highest BCUT2D eigenvalue weighted by Crippen LogP contribution is 2.36. The number of hydrogen-bond donors (Lipinski definition) is 2. The van der Waals surface area contributed by atoms with E-state index in [1.807, 2.05) is 30.3 Å². The number of carbonyl (C=O) groups excluding carboxylic acids is 2. The Balaban J connectivity index is 1.76. The number of fused-ring (bicyclic) bond motifs is 2. The number of carbonyl (C=O) groups is 2. The summed E-state index contributed by atoms with van der Waals surface area (Å²) in [4.78, 5) is 28.6. The first kappa shape index (κ1) is 18.6. The van der Waals surface area contributed by atoms with Crippen molar-refractivity contribution in [1.82, 2.24) is 4.98 Å². The summed E-state index contributed by atoms with van der Waals surface area (Å²) in [7, 11) is 0. The number of ether oxygens (including phenoxy) is 1. The number of aryl methyl sites for hydroxylation is 1. The number of hydrogen-bond acceptors (Lipinski definition) is 4. The molecule has 0 saturated carbocycles. The molecule has 5 nitrogen and oxygen atoms in total. The first-order valence-electron chi connectivity index (χ1n) is 9.63. The Bertz CT molecular complexity index is 1000. The number of anilines is 1. The zero-order chi connectivity index (χ0) is 19.7. The molecular weight excluding hydrogens is 372 g/mol. The average molecular weight is 394 g/mol. The van der Waals surface area contributed by atoms with E-state index < -0.39 is 0 Å². The Hall–Kier alpha value is -2.73. The molecule has 6 heteroatoms. The highest BCUT2D eigenvalue weighted by Gasteiger charge is 2.27. The normalized spacial score (nSPS) is 16.7. The monoisotopic (exact) mass is 394 g/mol. The zero-order valence-corrected chi connectivity index (χ0v) is 16.6. The second kappa shape index (κ2) is 7.72. The Morgan fingerprint density at radius 2 is 2.11 bits per heavy atom. The van der Waals surface area contributed by atoms with Crippen LogP contribution in [0.4, 0.5) is 5.69 Å². The summed E-state index contributed by atoms with van der Waals surface area (Å²) < 4.78 is 5.07. The lowest BCUT2D eigenvalue weighted by molar-refractivity contribution is -0.143. The van der Waals surface area contributed by atoms with Crippen LogP contribution >= 0.6 is 12.2 Å². The van der Waals surface area contributed by atoms with Crippen molar-refractivity contribution >= 4 is 46.3 Å². The SMILES string of the molecule is CCOC(=O)CCc1c(C=C2C(=S)Nc3ccccc32)[nH]c2c1C(=O)CCC2. The smallest absolute Gasteiger partial charge is 0.306 e. The number of Topliss-reactive ketones (excluding diaryl/α,β-unsaturated/α-hetero) is 1. The topological polar surface area (TPSA) is 71.2 Å². The fourth-order valence-electron chi connectivity index (χ4n) is 3.96. The molecule has 1 aromatic carbocycles. The Kier molecular flexibility index (Phi) is 5.13. The van der Waals surface area contributed by atoms with Crippen molar-refractivity contribution in [3.63, 3.8) is 0 Å². The van der Waals surface area contributed by atoms with Crippen molar-refractivity contribution in [3.8, 4) is 0 Å². The first-order valence-corrected chi connectivity index (χ1v) is 10.0. The lowest BCUT2D eigenvalue weighted by Crippen LogP contribution is -2.12. The van der Waals surface area contributed by atoms with Crippen LogP contribution < -0.4 is 5.32 Å². The van der Waals surface area contributed by atoms with Gasteiger partial charge in [0.2, 0.25) is 0 Å². The van der Waals surface area contributed by atoms with Gasteiger partial charge in [-0.05, 0) is 43.9 Å². The molecule has 0 fully saturated rings. The number of benzene rings is 1. The predicted molar refractivity (Wildman–Crippen MR) is 114 cm³/mol. The van der Waals surface area contributed by atoms with Gasteiger partial charge in [0.1, 0.15) is 4.99 Å². The van der Waals surface area contributed by atoms with Crippen LogP contribution in [0.3, 0.4) is 0 Å². The third-order valence-electron chi connectivity index (χ3n) is 5.21.